The van der Waals surface area contributed by atoms with E-state index >= 15 is 0 Å². The maximum absolute atomic E-state index is 3.46. The van der Waals surface area contributed by atoms with Gasteiger partial charge in [-0.15, -0.1) is 0 Å². The van der Waals surface area contributed by atoms with Crippen molar-refractivity contribution in [2.24, 2.45) is 0 Å². The standard InChI is InChI=1S/C16H17N/c1-17-16-14-8-4-2-6-12(14)10-11-13-7-3-5-9-15(13)16/h2-9,16-17H,10-11H2,1H3. The van der Waals surface area contributed by atoms with Gasteiger partial charge in [-0.1, -0.05) is 48.5 Å². The van der Waals surface area contributed by atoms with Crippen LogP contribution in [0.2, 0.25) is 0 Å². The summed E-state index contributed by atoms with van der Waals surface area (Å²) in [5.41, 5.74) is 5.81. The molecule has 0 radical (unpaired) electrons. The van der Waals surface area contributed by atoms with Gasteiger partial charge >= 0.3 is 0 Å². The first-order valence-corrected chi connectivity index (χ1v) is 6.23. The third kappa shape index (κ3) is 1.77. The fraction of sp³-hybridized carbons (Fsp3) is 0.250. The minimum Gasteiger partial charge on any atom is -0.309 e. The summed E-state index contributed by atoms with van der Waals surface area (Å²) in [7, 11) is 2.05. The average molecular weight is 223 g/mol. The Balaban J connectivity index is 2.19. The van der Waals surface area contributed by atoms with E-state index in [1.165, 1.54) is 22.3 Å². The first kappa shape index (κ1) is 10.5. The Morgan fingerprint density at radius 3 is 1.76 bits per heavy atom. The van der Waals surface area contributed by atoms with Crippen LogP contribution in [0.25, 0.3) is 0 Å². The van der Waals surface area contributed by atoms with E-state index in [4.69, 9.17) is 0 Å². The predicted octanol–water partition coefficient (Wildman–Crippen LogP) is 3.09. The molecule has 0 amide bonds. The van der Waals surface area contributed by atoms with Crippen molar-refractivity contribution >= 4 is 0 Å². The molecular formula is C16H17N. The smallest absolute Gasteiger partial charge is 0.0579 e. The van der Waals surface area contributed by atoms with Crippen molar-refractivity contribution in [2.45, 2.75) is 18.9 Å². The largest absolute Gasteiger partial charge is 0.309 e. The summed E-state index contributed by atoms with van der Waals surface area (Å²) < 4.78 is 0. The third-order valence-electron chi connectivity index (χ3n) is 3.68. The molecule has 1 aliphatic rings. The lowest BCUT2D eigenvalue weighted by Gasteiger charge is -2.19. The van der Waals surface area contributed by atoms with E-state index in [0.717, 1.165) is 12.8 Å². The lowest BCUT2D eigenvalue weighted by atomic mass is 9.95. The number of hydrogen-bond acceptors (Lipinski definition) is 1. The van der Waals surface area contributed by atoms with Crippen LogP contribution in [0.1, 0.15) is 28.3 Å². The number of nitrogens with one attached hydrogen (secondary N) is 1. The Morgan fingerprint density at radius 2 is 1.29 bits per heavy atom. The van der Waals surface area contributed by atoms with Crippen LogP contribution >= 0.6 is 0 Å². The van der Waals surface area contributed by atoms with Gasteiger partial charge in [0.15, 0.2) is 0 Å². The number of rotatable bonds is 1. The molecule has 0 saturated carbocycles. The number of aryl methyl sites for hydroxylation is 2. The van der Waals surface area contributed by atoms with E-state index in [-0.39, 0.29) is 0 Å². The third-order valence-corrected chi connectivity index (χ3v) is 3.68. The maximum atomic E-state index is 3.46. The SMILES string of the molecule is CNC1c2ccccc2CCc2ccccc21. The minimum absolute atomic E-state index is 0.338. The van der Waals surface area contributed by atoms with Crippen molar-refractivity contribution in [2.75, 3.05) is 7.05 Å². The van der Waals surface area contributed by atoms with Gasteiger partial charge in [0, 0.05) is 0 Å². The number of benzene rings is 2. The summed E-state index contributed by atoms with van der Waals surface area (Å²) in [6.07, 6.45) is 2.29. The lowest BCUT2D eigenvalue weighted by molar-refractivity contribution is 0.688. The molecule has 0 spiro atoms. The average Bonchev–Trinajstić information content (AvgIpc) is 2.55. The molecule has 86 valence electrons. The number of hydrogen-bond donors (Lipinski definition) is 1. The van der Waals surface area contributed by atoms with Crippen molar-refractivity contribution in [3.05, 3.63) is 70.8 Å². The highest BCUT2D eigenvalue weighted by Gasteiger charge is 2.21. The zero-order valence-corrected chi connectivity index (χ0v) is 10.1. The van der Waals surface area contributed by atoms with Crippen LogP contribution in [0.5, 0.6) is 0 Å². The fourth-order valence-electron chi connectivity index (χ4n) is 2.83. The fourth-order valence-corrected chi connectivity index (χ4v) is 2.83. The quantitative estimate of drug-likeness (QED) is 0.783. The Hall–Kier alpha value is -1.60. The van der Waals surface area contributed by atoms with Crippen molar-refractivity contribution in [3.63, 3.8) is 0 Å². The van der Waals surface area contributed by atoms with Crippen LogP contribution in [-0.2, 0) is 12.8 Å². The highest BCUT2D eigenvalue weighted by atomic mass is 14.9. The van der Waals surface area contributed by atoms with Crippen LogP contribution in [0, 0.1) is 0 Å². The molecule has 0 heterocycles. The molecule has 1 N–H and O–H groups in total. The van der Waals surface area contributed by atoms with Gasteiger partial charge in [-0.3, -0.25) is 0 Å². The van der Waals surface area contributed by atoms with Crippen LogP contribution in [0.3, 0.4) is 0 Å². The summed E-state index contributed by atoms with van der Waals surface area (Å²) in [5, 5.41) is 3.46. The van der Waals surface area contributed by atoms with E-state index in [0.29, 0.717) is 6.04 Å². The molecule has 0 fully saturated rings. The molecule has 1 nitrogen and oxygen atoms in total. The summed E-state index contributed by atoms with van der Waals surface area (Å²) in [4.78, 5) is 0. The Labute approximate surface area is 102 Å². The molecular weight excluding hydrogens is 206 g/mol. The predicted molar refractivity (Wildman–Crippen MR) is 71.2 cm³/mol. The highest BCUT2D eigenvalue weighted by Crippen LogP contribution is 2.31. The molecule has 0 unspecified atom stereocenters. The van der Waals surface area contributed by atoms with Crippen LogP contribution < -0.4 is 5.32 Å². The second kappa shape index (κ2) is 4.34. The second-order valence-electron chi connectivity index (χ2n) is 4.62. The maximum Gasteiger partial charge on any atom is 0.0579 e. The molecule has 0 aliphatic heterocycles. The first-order chi connectivity index (χ1) is 8.40. The van der Waals surface area contributed by atoms with Gasteiger partial charge in [-0.2, -0.15) is 0 Å². The summed E-state index contributed by atoms with van der Waals surface area (Å²) in [6.45, 7) is 0. The topological polar surface area (TPSA) is 12.0 Å². The zero-order chi connectivity index (χ0) is 11.7. The molecule has 2 aromatic carbocycles. The minimum atomic E-state index is 0.338. The van der Waals surface area contributed by atoms with Gasteiger partial charge in [-0.25, -0.2) is 0 Å². The molecule has 0 atom stereocenters. The molecule has 3 rings (SSSR count). The summed E-state index contributed by atoms with van der Waals surface area (Å²) in [5.74, 6) is 0. The van der Waals surface area contributed by atoms with Crippen molar-refractivity contribution < 1.29 is 0 Å². The molecule has 0 bridgehead atoms. The van der Waals surface area contributed by atoms with Crippen molar-refractivity contribution in [1.82, 2.24) is 5.32 Å². The second-order valence-corrected chi connectivity index (χ2v) is 4.62. The zero-order valence-electron chi connectivity index (χ0n) is 10.1. The lowest BCUT2D eigenvalue weighted by Crippen LogP contribution is -2.18. The van der Waals surface area contributed by atoms with E-state index in [1.54, 1.807) is 0 Å². The normalized spacial score (nSPS) is 14.9. The molecule has 1 aliphatic carbocycles. The number of fused-ring (bicyclic) bond motifs is 2. The monoisotopic (exact) mass is 223 g/mol. The van der Waals surface area contributed by atoms with Gasteiger partial charge in [0.25, 0.3) is 0 Å². The van der Waals surface area contributed by atoms with Gasteiger partial charge < -0.3 is 5.32 Å². The van der Waals surface area contributed by atoms with E-state index in [2.05, 4.69) is 53.8 Å². The summed E-state index contributed by atoms with van der Waals surface area (Å²) >= 11 is 0. The Bertz CT molecular complexity index is 483. The molecule has 1 heteroatoms. The molecule has 0 aromatic heterocycles. The van der Waals surface area contributed by atoms with Gasteiger partial charge in [0.1, 0.15) is 0 Å². The molecule has 2 aromatic rings. The van der Waals surface area contributed by atoms with Gasteiger partial charge in [0.2, 0.25) is 0 Å². The van der Waals surface area contributed by atoms with Gasteiger partial charge in [-0.05, 0) is 42.1 Å². The van der Waals surface area contributed by atoms with E-state index in [1.807, 2.05) is 7.05 Å². The molecule has 0 saturated heterocycles. The molecule has 17 heavy (non-hydrogen) atoms. The van der Waals surface area contributed by atoms with Crippen molar-refractivity contribution in [3.8, 4) is 0 Å². The van der Waals surface area contributed by atoms with E-state index in [9.17, 15) is 0 Å². The Morgan fingerprint density at radius 1 is 0.824 bits per heavy atom. The van der Waals surface area contributed by atoms with Crippen LogP contribution in [-0.4, -0.2) is 7.05 Å². The summed E-state index contributed by atoms with van der Waals surface area (Å²) in [6, 6.07) is 17.9. The Kier molecular flexibility index (Phi) is 2.69. The van der Waals surface area contributed by atoms with Crippen LogP contribution in [0.15, 0.2) is 48.5 Å². The highest BCUT2D eigenvalue weighted by molar-refractivity contribution is 5.44. The van der Waals surface area contributed by atoms with Crippen molar-refractivity contribution in [1.29, 1.82) is 0 Å². The van der Waals surface area contributed by atoms with E-state index < -0.39 is 0 Å². The van der Waals surface area contributed by atoms with Gasteiger partial charge in [0.05, 0.1) is 6.04 Å². The first-order valence-electron chi connectivity index (χ1n) is 6.23. The van der Waals surface area contributed by atoms with Crippen LogP contribution in [0.4, 0.5) is 0 Å².